The van der Waals surface area contributed by atoms with Crippen LogP contribution in [0.15, 0.2) is 17.2 Å². The van der Waals surface area contributed by atoms with E-state index in [0.29, 0.717) is 18.2 Å². The fraction of sp³-hybridized carbons (Fsp3) is 0.500. The zero-order valence-electron chi connectivity index (χ0n) is 10.3. The molecule has 0 N–H and O–H groups in total. The second-order valence-corrected chi connectivity index (χ2v) is 4.68. The monoisotopic (exact) mass is 232 g/mol. The molecule has 17 heavy (non-hydrogen) atoms. The largest absolute Gasteiger partial charge is 0.272 e. The van der Waals surface area contributed by atoms with Crippen molar-refractivity contribution in [2.24, 2.45) is 11.0 Å². The summed E-state index contributed by atoms with van der Waals surface area (Å²) in [6.07, 6.45) is 1.25. The molecule has 5 nitrogen and oxygen atoms in total. The van der Waals surface area contributed by atoms with E-state index in [-0.39, 0.29) is 5.91 Å². The molecule has 0 bridgehead atoms. The molecule has 1 aromatic rings. The van der Waals surface area contributed by atoms with Gasteiger partial charge in [0.1, 0.15) is 0 Å². The Labute approximate surface area is 101 Å². The fourth-order valence-corrected chi connectivity index (χ4v) is 1.75. The SMILES string of the molecule is Cc1ccc(N2N=C(CC(C)C)CC2=O)nn1. The van der Waals surface area contributed by atoms with E-state index in [1.807, 2.05) is 13.0 Å². The Balaban J connectivity index is 2.18. The van der Waals surface area contributed by atoms with Crippen molar-refractivity contribution in [2.45, 2.75) is 33.6 Å². The maximum Gasteiger partial charge on any atom is 0.254 e. The van der Waals surface area contributed by atoms with Crippen molar-refractivity contribution in [1.29, 1.82) is 0 Å². The highest BCUT2D eigenvalue weighted by Crippen LogP contribution is 2.20. The van der Waals surface area contributed by atoms with Crippen molar-refractivity contribution < 1.29 is 4.79 Å². The first kappa shape index (κ1) is 11.7. The lowest BCUT2D eigenvalue weighted by atomic mass is 10.1. The van der Waals surface area contributed by atoms with Gasteiger partial charge in [0.05, 0.1) is 12.1 Å². The molecule has 0 spiro atoms. The first-order valence-electron chi connectivity index (χ1n) is 5.76. The minimum atomic E-state index is -0.0289. The number of carbonyl (C=O) groups is 1. The summed E-state index contributed by atoms with van der Waals surface area (Å²) in [6, 6.07) is 3.59. The van der Waals surface area contributed by atoms with Crippen LogP contribution in [0, 0.1) is 12.8 Å². The van der Waals surface area contributed by atoms with Gasteiger partial charge in [-0.05, 0) is 31.4 Å². The van der Waals surface area contributed by atoms with E-state index >= 15 is 0 Å². The minimum Gasteiger partial charge on any atom is -0.272 e. The van der Waals surface area contributed by atoms with E-state index in [1.54, 1.807) is 6.07 Å². The lowest BCUT2D eigenvalue weighted by Crippen LogP contribution is -2.21. The quantitative estimate of drug-likeness (QED) is 0.800. The molecule has 90 valence electrons. The second-order valence-electron chi connectivity index (χ2n) is 4.68. The molecular formula is C12H16N4O. The van der Waals surface area contributed by atoms with Crippen LogP contribution in [0.25, 0.3) is 0 Å². The van der Waals surface area contributed by atoms with Crippen LogP contribution in [0.1, 0.15) is 32.4 Å². The molecule has 1 amide bonds. The normalized spacial score (nSPS) is 15.6. The van der Waals surface area contributed by atoms with Crippen molar-refractivity contribution in [3.05, 3.63) is 17.8 Å². The molecule has 0 aliphatic carbocycles. The van der Waals surface area contributed by atoms with Crippen LogP contribution >= 0.6 is 0 Å². The zero-order valence-corrected chi connectivity index (χ0v) is 10.3. The van der Waals surface area contributed by atoms with Crippen molar-refractivity contribution >= 4 is 17.4 Å². The molecule has 0 saturated heterocycles. The van der Waals surface area contributed by atoms with Crippen molar-refractivity contribution in [3.8, 4) is 0 Å². The Morgan fingerprint density at radius 3 is 2.71 bits per heavy atom. The van der Waals surface area contributed by atoms with Crippen molar-refractivity contribution in [1.82, 2.24) is 10.2 Å². The smallest absolute Gasteiger partial charge is 0.254 e. The zero-order chi connectivity index (χ0) is 12.4. The van der Waals surface area contributed by atoms with Crippen molar-refractivity contribution in [2.75, 3.05) is 5.01 Å². The fourth-order valence-electron chi connectivity index (χ4n) is 1.75. The average Bonchev–Trinajstić information content (AvgIpc) is 2.59. The van der Waals surface area contributed by atoms with Gasteiger partial charge in [-0.15, -0.1) is 5.10 Å². The van der Waals surface area contributed by atoms with Crippen LogP contribution in [0.4, 0.5) is 5.82 Å². The summed E-state index contributed by atoms with van der Waals surface area (Å²) in [5, 5.41) is 13.6. The number of nitrogens with zero attached hydrogens (tertiary/aromatic N) is 4. The number of aromatic nitrogens is 2. The van der Waals surface area contributed by atoms with Gasteiger partial charge in [-0.1, -0.05) is 13.8 Å². The Bertz CT molecular complexity index is 450. The van der Waals surface area contributed by atoms with E-state index in [2.05, 4.69) is 29.1 Å². The van der Waals surface area contributed by atoms with Gasteiger partial charge in [0, 0.05) is 5.71 Å². The molecule has 1 aliphatic rings. The third-order valence-electron chi connectivity index (χ3n) is 2.48. The predicted octanol–water partition coefficient (Wildman–Crippen LogP) is 1.92. The molecule has 0 unspecified atom stereocenters. The minimum absolute atomic E-state index is 0.0289. The van der Waals surface area contributed by atoms with Crippen LogP contribution in [0.3, 0.4) is 0 Å². The van der Waals surface area contributed by atoms with E-state index in [1.165, 1.54) is 5.01 Å². The van der Waals surface area contributed by atoms with Gasteiger partial charge < -0.3 is 0 Å². The first-order valence-corrected chi connectivity index (χ1v) is 5.76. The number of rotatable bonds is 3. The summed E-state index contributed by atoms with van der Waals surface area (Å²) in [5.41, 5.74) is 1.75. The Morgan fingerprint density at radius 1 is 1.35 bits per heavy atom. The predicted molar refractivity (Wildman–Crippen MR) is 65.8 cm³/mol. The molecule has 0 radical (unpaired) electrons. The maximum atomic E-state index is 11.8. The summed E-state index contributed by atoms with van der Waals surface area (Å²) in [4.78, 5) is 11.8. The maximum absolute atomic E-state index is 11.8. The van der Waals surface area contributed by atoms with E-state index in [0.717, 1.165) is 17.8 Å². The molecule has 1 aliphatic heterocycles. The summed E-state index contributed by atoms with van der Waals surface area (Å²) in [5.74, 6) is 0.976. The van der Waals surface area contributed by atoms with Crippen molar-refractivity contribution in [3.63, 3.8) is 0 Å². The molecule has 0 fully saturated rings. The molecule has 2 heterocycles. The van der Waals surface area contributed by atoms with Crippen LogP contribution in [0.2, 0.25) is 0 Å². The molecule has 2 rings (SSSR count). The van der Waals surface area contributed by atoms with Gasteiger partial charge in [-0.2, -0.15) is 15.2 Å². The Kier molecular flexibility index (Phi) is 3.17. The van der Waals surface area contributed by atoms with Gasteiger partial charge in [-0.3, -0.25) is 4.79 Å². The van der Waals surface area contributed by atoms with Gasteiger partial charge in [0.25, 0.3) is 5.91 Å². The van der Waals surface area contributed by atoms with Gasteiger partial charge in [-0.25, -0.2) is 0 Å². The lowest BCUT2D eigenvalue weighted by molar-refractivity contribution is -0.116. The molecule has 0 saturated carbocycles. The average molecular weight is 232 g/mol. The highest BCUT2D eigenvalue weighted by Gasteiger charge is 2.26. The molecule has 1 aromatic heterocycles. The highest BCUT2D eigenvalue weighted by molar-refractivity contribution is 6.12. The number of anilines is 1. The number of hydrogen-bond donors (Lipinski definition) is 0. The van der Waals surface area contributed by atoms with Gasteiger partial charge in [0.2, 0.25) is 0 Å². The van der Waals surface area contributed by atoms with Crippen LogP contribution < -0.4 is 5.01 Å². The Morgan fingerprint density at radius 2 is 2.12 bits per heavy atom. The van der Waals surface area contributed by atoms with E-state index in [9.17, 15) is 4.79 Å². The topological polar surface area (TPSA) is 58.5 Å². The summed E-state index contributed by atoms with van der Waals surface area (Å²) >= 11 is 0. The summed E-state index contributed by atoms with van der Waals surface area (Å²) < 4.78 is 0. The summed E-state index contributed by atoms with van der Waals surface area (Å²) in [6.45, 7) is 6.08. The number of hydrazone groups is 1. The van der Waals surface area contributed by atoms with Gasteiger partial charge >= 0.3 is 0 Å². The molecule has 0 atom stereocenters. The lowest BCUT2D eigenvalue weighted by Gasteiger charge is -2.09. The van der Waals surface area contributed by atoms with E-state index in [4.69, 9.17) is 0 Å². The van der Waals surface area contributed by atoms with Crippen LogP contribution in [0.5, 0.6) is 0 Å². The number of hydrogen-bond acceptors (Lipinski definition) is 4. The first-order chi connectivity index (χ1) is 8.06. The number of aryl methyl sites for hydroxylation is 1. The van der Waals surface area contributed by atoms with Crippen LogP contribution in [-0.2, 0) is 4.79 Å². The van der Waals surface area contributed by atoms with Gasteiger partial charge in [0.15, 0.2) is 5.82 Å². The second kappa shape index (κ2) is 4.61. The third kappa shape index (κ3) is 2.67. The highest BCUT2D eigenvalue weighted by atomic mass is 16.2. The summed E-state index contributed by atoms with van der Waals surface area (Å²) in [7, 11) is 0. The molecule has 5 heteroatoms. The van der Waals surface area contributed by atoms with Crippen LogP contribution in [-0.4, -0.2) is 21.8 Å². The third-order valence-corrected chi connectivity index (χ3v) is 2.48. The molecule has 0 aromatic carbocycles. The van der Waals surface area contributed by atoms with E-state index < -0.39 is 0 Å². The molecular weight excluding hydrogens is 216 g/mol. The standard InChI is InChI=1S/C12H16N4O/c1-8(2)6-10-7-12(17)16(15-10)11-5-4-9(3)13-14-11/h4-5,8H,6-7H2,1-3H3. The number of amides is 1. The Hall–Kier alpha value is -1.78. The number of carbonyl (C=O) groups excluding carboxylic acids is 1.